The van der Waals surface area contributed by atoms with E-state index in [1.807, 2.05) is 0 Å². The number of aromatic hydroxyl groups is 1. The van der Waals surface area contributed by atoms with Crippen molar-refractivity contribution in [2.75, 3.05) is 0 Å². The van der Waals surface area contributed by atoms with Crippen molar-refractivity contribution in [1.82, 2.24) is 4.98 Å². The minimum absolute atomic E-state index is 0.465. The third-order valence-electron chi connectivity index (χ3n) is 1.40. The Labute approximate surface area is 81.8 Å². The molecule has 0 saturated heterocycles. The Morgan fingerprint density at radius 2 is 2.14 bits per heavy atom. The summed E-state index contributed by atoms with van der Waals surface area (Å²) in [6.45, 7) is 0. The van der Waals surface area contributed by atoms with E-state index in [9.17, 15) is 13.6 Å². The summed E-state index contributed by atoms with van der Waals surface area (Å²) in [6, 6.07) is 0.797. The molecule has 0 aliphatic heterocycles. The van der Waals surface area contributed by atoms with Crippen LogP contribution in [-0.2, 0) is 0 Å². The molecule has 0 aromatic carbocycles. The van der Waals surface area contributed by atoms with Crippen LogP contribution in [0, 0.1) is 0 Å². The first kappa shape index (κ1) is 10.6. The highest BCUT2D eigenvalue weighted by atomic mass is 35.5. The maximum Gasteiger partial charge on any atom is 0.354 e. The van der Waals surface area contributed by atoms with E-state index in [1.165, 1.54) is 0 Å². The highest BCUT2D eigenvalue weighted by molar-refractivity contribution is 6.32. The highest BCUT2D eigenvalue weighted by Gasteiger charge is 2.20. The Balaban J connectivity index is 3.35. The number of carbonyl (C=O) groups is 1. The highest BCUT2D eigenvalue weighted by Crippen LogP contribution is 2.32. The van der Waals surface area contributed by atoms with E-state index < -0.39 is 34.6 Å². The van der Waals surface area contributed by atoms with E-state index in [0.29, 0.717) is 0 Å². The number of hydrogen-bond donors (Lipinski definition) is 2. The van der Waals surface area contributed by atoms with Crippen LogP contribution >= 0.6 is 11.6 Å². The van der Waals surface area contributed by atoms with Crippen LogP contribution in [0.15, 0.2) is 6.07 Å². The minimum atomic E-state index is -3.08. The van der Waals surface area contributed by atoms with Crippen LogP contribution in [0.1, 0.15) is 22.6 Å². The Morgan fingerprint density at radius 3 is 2.57 bits per heavy atom. The molecule has 0 radical (unpaired) electrons. The molecule has 0 unspecified atom stereocenters. The summed E-state index contributed by atoms with van der Waals surface area (Å²) < 4.78 is 24.4. The van der Waals surface area contributed by atoms with Gasteiger partial charge >= 0.3 is 5.97 Å². The van der Waals surface area contributed by atoms with Crippen LogP contribution in [0.5, 0.6) is 5.75 Å². The number of halogens is 3. The smallest absolute Gasteiger partial charge is 0.354 e. The molecule has 0 bridgehead atoms. The van der Waals surface area contributed by atoms with Crippen molar-refractivity contribution in [3.8, 4) is 5.75 Å². The lowest BCUT2D eigenvalue weighted by atomic mass is 10.3. The summed E-state index contributed by atoms with van der Waals surface area (Å²) in [6.07, 6.45) is -3.08. The van der Waals surface area contributed by atoms with E-state index in [1.54, 1.807) is 0 Å². The number of nitrogens with zero attached hydrogens (tertiary/aromatic N) is 1. The van der Waals surface area contributed by atoms with Crippen LogP contribution in [0.2, 0.25) is 5.02 Å². The van der Waals surface area contributed by atoms with Gasteiger partial charge in [-0.25, -0.2) is 18.6 Å². The molecule has 0 fully saturated rings. The number of carboxylic acid groups (broad SMARTS) is 1. The molecule has 0 spiro atoms. The molecule has 1 aromatic rings. The molecule has 0 aliphatic carbocycles. The molecule has 2 N–H and O–H groups in total. The second kappa shape index (κ2) is 3.75. The Hall–Kier alpha value is -1.43. The van der Waals surface area contributed by atoms with E-state index in [-0.39, 0.29) is 0 Å². The predicted octanol–water partition coefficient (Wildman–Crippen LogP) is 2.08. The number of rotatable bonds is 2. The number of alkyl halides is 2. The molecule has 1 heterocycles. The molecule has 4 nitrogen and oxygen atoms in total. The molecule has 0 atom stereocenters. The first-order valence-corrected chi connectivity index (χ1v) is 3.72. The number of carboxylic acids is 1. The maximum atomic E-state index is 12.2. The van der Waals surface area contributed by atoms with Gasteiger partial charge in [-0.2, -0.15) is 0 Å². The second-order valence-electron chi connectivity index (χ2n) is 2.33. The lowest BCUT2D eigenvalue weighted by Crippen LogP contribution is -2.03. The summed E-state index contributed by atoms with van der Waals surface area (Å²) in [5.41, 5.74) is -1.67. The first-order chi connectivity index (χ1) is 6.43. The lowest BCUT2D eigenvalue weighted by Gasteiger charge is -2.05. The average Bonchev–Trinajstić information content (AvgIpc) is 2.08. The van der Waals surface area contributed by atoms with Gasteiger partial charge in [-0.1, -0.05) is 11.6 Å². The van der Waals surface area contributed by atoms with Gasteiger partial charge in [0.05, 0.1) is 5.02 Å². The Kier molecular flexibility index (Phi) is 2.85. The summed E-state index contributed by atoms with van der Waals surface area (Å²) in [5.74, 6) is -2.39. The van der Waals surface area contributed by atoms with Crippen molar-refractivity contribution in [1.29, 1.82) is 0 Å². The molecular formula is C7H4ClF2NO3. The molecular weight excluding hydrogens is 220 g/mol. The molecule has 1 rings (SSSR count). The van der Waals surface area contributed by atoms with Crippen molar-refractivity contribution >= 4 is 17.6 Å². The number of pyridine rings is 1. The zero-order valence-electron chi connectivity index (χ0n) is 6.54. The lowest BCUT2D eigenvalue weighted by molar-refractivity contribution is 0.0688. The van der Waals surface area contributed by atoms with Crippen molar-refractivity contribution < 1.29 is 23.8 Å². The SMILES string of the molecule is O=C(O)c1cc(Cl)c(O)c(C(F)F)n1. The molecule has 0 aliphatic rings. The molecule has 1 aromatic heterocycles. The zero-order chi connectivity index (χ0) is 10.9. The van der Waals surface area contributed by atoms with Crippen LogP contribution in [0.3, 0.4) is 0 Å². The van der Waals surface area contributed by atoms with Crippen molar-refractivity contribution in [2.45, 2.75) is 6.43 Å². The largest absolute Gasteiger partial charge is 0.504 e. The van der Waals surface area contributed by atoms with Gasteiger partial charge in [-0.05, 0) is 6.07 Å². The quantitative estimate of drug-likeness (QED) is 0.805. The van der Waals surface area contributed by atoms with Gasteiger partial charge in [0, 0.05) is 0 Å². The average molecular weight is 224 g/mol. The van der Waals surface area contributed by atoms with Gasteiger partial charge in [0.15, 0.2) is 17.1 Å². The monoisotopic (exact) mass is 223 g/mol. The number of aromatic nitrogens is 1. The van der Waals surface area contributed by atoms with Crippen molar-refractivity contribution in [2.24, 2.45) is 0 Å². The number of aromatic carboxylic acids is 1. The molecule has 7 heteroatoms. The standard InChI is InChI=1S/C7H4ClF2NO3/c8-2-1-3(7(13)14)11-4(5(2)12)6(9)10/h1,6,12H,(H,13,14). The predicted molar refractivity (Wildman–Crippen MR) is 42.8 cm³/mol. The summed E-state index contributed by atoms with van der Waals surface area (Å²) in [4.78, 5) is 13.4. The third kappa shape index (κ3) is 1.90. The Morgan fingerprint density at radius 1 is 1.57 bits per heavy atom. The minimum Gasteiger partial charge on any atom is -0.504 e. The summed E-state index contributed by atoms with van der Waals surface area (Å²) >= 11 is 5.32. The molecule has 76 valence electrons. The van der Waals surface area contributed by atoms with E-state index in [4.69, 9.17) is 21.8 Å². The fraction of sp³-hybridized carbons (Fsp3) is 0.143. The fourth-order valence-corrected chi connectivity index (χ4v) is 0.988. The van der Waals surface area contributed by atoms with Crippen LogP contribution < -0.4 is 0 Å². The van der Waals surface area contributed by atoms with E-state index in [2.05, 4.69) is 4.98 Å². The maximum absolute atomic E-state index is 12.2. The summed E-state index contributed by atoms with van der Waals surface area (Å²) in [7, 11) is 0. The normalized spacial score (nSPS) is 10.6. The second-order valence-corrected chi connectivity index (χ2v) is 2.74. The number of hydrogen-bond acceptors (Lipinski definition) is 3. The molecule has 14 heavy (non-hydrogen) atoms. The van der Waals surface area contributed by atoms with Gasteiger partial charge < -0.3 is 10.2 Å². The van der Waals surface area contributed by atoms with Crippen LogP contribution in [0.4, 0.5) is 8.78 Å². The Bertz CT molecular complexity index is 383. The van der Waals surface area contributed by atoms with Crippen molar-refractivity contribution in [3.05, 3.63) is 22.5 Å². The van der Waals surface area contributed by atoms with Crippen LogP contribution in [0.25, 0.3) is 0 Å². The topological polar surface area (TPSA) is 70.4 Å². The first-order valence-electron chi connectivity index (χ1n) is 3.34. The van der Waals surface area contributed by atoms with Gasteiger partial charge in [0.2, 0.25) is 0 Å². The van der Waals surface area contributed by atoms with E-state index >= 15 is 0 Å². The van der Waals surface area contributed by atoms with Crippen molar-refractivity contribution in [3.63, 3.8) is 0 Å². The zero-order valence-corrected chi connectivity index (χ0v) is 7.29. The summed E-state index contributed by atoms with van der Waals surface area (Å²) in [5, 5.41) is 17.0. The van der Waals surface area contributed by atoms with E-state index in [0.717, 1.165) is 6.07 Å². The van der Waals surface area contributed by atoms with Gasteiger partial charge in [-0.15, -0.1) is 0 Å². The molecule has 0 saturated carbocycles. The fourth-order valence-electron chi connectivity index (χ4n) is 0.787. The van der Waals surface area contributed by atoms with Gasteiger partial charge in [-0.3, -0.25) is 0 Å². The van der Waals surface area contributed by atoms with Gasteiger partial charge in [0.25, 0.3) is 6.43 Å². The third-order valence-corrected chi connectivity index (χ3v) is 1.69. The molecule has 0 amide bonds. The van der Waals surface area contributed by atoms with Crippen LogP contribution in [-0.4, -0.2) is 21.2 Å². The van der Waals surface area contributed by atoms with Gasteiger partial charge in [0.1, 0.15) is 0 Å².